The van der Waals surface area contributed by atoms with Crippen molar-refractivity contribution in [3.05, 3.63) is 130 Å². The Morgan fingerprint density at radius 1 is 0.535 bits per heavy atom. The van der Waals surface area contributed by atoms with E-state index in [0.717, 1.165) is 16.7 Å². The number of esters is 3. The minimum absolute atomic E-state index is 0.00285. The molecule has 0 saturated heterocycles. The summed E-state index contributed by atoms with van der Waals surface area (Å²) < 4.78 is 18.9. The summed E-state index contributed by atoms with van der Waals surface area (Å²) in [6.45, 7) is 11.3. The molecule has 0 radical (unpaired) electrons. The Balaban J connectivity index is 1.86. The first-order valence-electron chi connectivity index (χ1n) is 14.3. The summed E-state index contributed by atoms with van der Waals surface area (Å²) in [5.41, 5.74) is 1.26. The van der Waals surface area contributed by atoms with E-state index in [2.05, 4.69) is 0 Å². The molecule has 0 saturated carbocycles. The molecule has 0 aliphatic carbocycles. The second kappa shape index (κ2) is 13.1. The van der Waals surface area contributed by atoms with E-state index in [-0.39, 0.29) is 36.8 Å². The predicted octanol–water partition coefficient (Wildman–Crippen LogP) is 7.61. The molecule has 0 unspecified atom stereocenters. The van der Waals surface area contributed by atoms with Gasteiger partial charge in [-0.2, -0.15) is 0 Å². The molecule has 7 nitrogen and oxygen atoms in total. The largest absolute Gasteiger partial charge is 0.457 e. The number of hydrogen-bond acceptors (Lipinski definition) is 6. The number of benzene rings is 3. The highest BCUT2D eigenvalue weighted by Gasteiger charge is 2.43. The van der Waals surface area contributed by atoms with Gasteiger partial charge in [-0.15, -0.1) is 0 Å². The molecule has 1 aromatic heterocycles. The highest BCUT2D eigenvalue weighted by atomic mass is 16.5. The van der Waals surface area contributed by atoms with E-state index < -0.39 is 28.9 Å². The Morgan fingerprint density at radius 3 is 1.23 bits per heavy atom. The lowest BCUT2D eigenvalue weighted by Gasteiger charge is -2.27. The first-order chi connectivity index (χ1) is 20.4. The topological polar surface area (TPSA) is 83.8 Å². The molecule has 0 bridgehead atoms. The van der Waals surface area contributed by atoms with Crippen molar-refractivity contribution in [3.63, 3.8) is 0 Å². The highest BCUT2D eigenvalue weighted by Crippen LogP contribution is 2.39. The van der Waals surface area contributed by atoms with Crippen LogP contribution in [0.1, 0.15) is 95.1 Å². The molecular formula is C36H39NO6. The van der Waals surface area contributed by atoms with Gasteiger partial charge < -0.3 is 18.8 Å². The molecule has 3 aromatic carbocycles. The van der Waals surface area contributed by atoms with Crippen molar-refractivity contribution in [2.24, 2.45) is 0 Å². The van der Waals surface area contributed by atoms with Crippen molar-refractivity contribution >= 4 is 17.9 Å². The summed E-state index contributed by atoms with van der Waals surface area (Å²) in [6, 6.07) is 27.9. The molecule has 0 atom stereocenters. The molecule has 0 aliphatic rings. The number of carbonyl (C=O) groups is 3. The predicted molar refractivity (Wildman–Crippen MR) is 165 cm³/mol. The number of nitrogens with zero attached hydrogens (tertiary/aromatic N) is 1. The lowest BCUT2D eigenvalue weighted by atomic mass is 9.83. The van der Waals surface area contributed by atoms with Crippen molar-refractivity contribution < 1.29 is 28.6 Å². The van der Waals surface area contributed by atoms with Crippen LogP contribution >= 0.6 is 0 Å². The van der Waals surface area contributed by atoms with Gasteiger partial charge in [0, 0.05) is 11.1 Å². The van der Waals surface area contributed by atoms with E-state index in [1.807, 2.05) is 133 Å². The van der Waals surface area contributed by atoms with Crippen molar-refractivity contribution in [1.29, 1.82) is 0 Å². The van der Waals surface area contributed by atoms with Crippen LogP contribution in [-0.4, -0.2) is 22.5 Å². The van der Waals surface area contributed by atoms with Gasteiger partial charge in [0.25, 0.3) is 0 Å². The van der Waals surface area contributed by atoms with Crippen molar-refractivity contribution in [2.45, 2.75) is 72.3 Å². The van der Waals surface area contributed by atoms with Crippen LogP contribution in [0, 0.1) is 0 Å². The number of hydrogen-bond donors (Lipinski definition) is 0. The molecular weight excluding hydrogens is 542 g/mol. The van der Waals surface area contributed by atoms with Gasteiger partial charge >= 0.3 is 17.9 Å². The normalized spacial score (nSPS) is 11.6. The van der Waals surface area contributed by atoms with Crippen molar-refractivity contribution in [2.75, 3.05) is 0 Å². The molecule has 7 heteroatoms. The third kappa shape index (κ3) is 7.60. The average Bonchev–Trinajstić information content (AvgIpc) is 3.37. The zero-order valence-corrected chi connectivity index (χ0v) is 25.7. The van der Waals surface area contributed by atoms with E-state index >= 15 is 0 Å². The minimum atomic E-state index is -0.819. The van der Waals surface area contributed by atoms with Gasteiger partial charge in [0.05, 0.1) is 5.56 Å². The Kier molecular flexibility index (Phi) is 9.54. The summed E-state index contributed by atoms with van der Waals surface area (Å²) >= 11 is 0. The summed E-state index contributed by atoms with van der Waals surface area (Å²) in [5, 5.41) is 0. The standard InChI is InChI=1S/C36H39NO6/c1-35(2,3)29-28(32(38)41-22-25-16-10-7-11-17-25)30(33(39)42-23-26-18-12-8-13-19-26)37(36(4,5)6)31(29)34(40)43-24-27-20-14-9-15-21-27/h7-21H,22-24H2,1-6H3. The molecule has 1 heterocycles. The smallest absolute Gasteiger partial charge is 0.356 e. The van der Waals surface area contributed by atoms with Crippen LogP contribution in [0.2, 0.25) is 0 Å². The Morgan fingerprint density at radius 2 is 0.884 bits per heavy atom. The van der Waals surface area contributed by atoms with Gasteiger partial charge in [0.1, 0.15) is 31.2 Å². The van der Waals surface area contributed by atoms with Crippen LogP contribution in [0.3, 0.4) is 0 Å². The maximum absolute atomic E-state index is 14.0. The maximum atomic E-state index is 14.0. The monoisotopic (exact) mass is 581 g/mol. The fraction of sp³-hybridized carbons (Fsp3) is 0.306. The molecule has 4 aromatic rings. The lowest BCUT2D eigenvalue weighted by Crippen LogP contribution is -2.31. The third-order valence-corrected chi connectivity index (χ3v) is 6.82. The summed E-state index contributed by atoms with van der Waals surface area (Å²) in [7, 11) is 0. The average molecular weight is 582 g/mol. The fourth-order valence-electron chi connectivity index (χ4n) is 4.94. The second-order valence-corrected chi connectivity index (χ2v) is 12.4. The van der Waals surface area contributed by atoms with Crippen molar-refractivity contribution in [1.82, 2.24) is 4.57 Å². The van der Waals surface area contributed by atoms with Crippen LogP contribution in [0.25, 0.3) is 0 Å². The van der Waals surface area contributed by atoms with Gasteiger partial charge in [-0.1, -0.05) is 112 Å². The zero-order valence-electron chi connectivity index (χ0n) is 25.7. The molecule has 0 aliphatic heterocycles. The van der Waals surface area contributed by atoms with Crippen LogP contribution < -0.4 is 0 Å². The SMILES string of the molecule is CC(C)(C)c1c(C(=O)OCc2ccccc2)c(C(=O)OCc2ccccc2)n(C(C)(C)C)c1C(=O)OCc1ccccc1. The number of aromatic nitrogens is 1. The highest BCUT2D eigenvalue weighted by molar-refractivity contribution is 6.07. The van der Waals surface area contributed by atoms with E-state index in [4.69, 9.17) is 14.2 Å². The van der Waals surface area contributed by atoms with Gasteiger partial charge in [-0.3, -0.25) is 0 Å². The fourth-order valence-corrected chi connectivity index (χ4v) is 4.94. The molecule has 4 rings (SSSR count). The second-order valence-electron chi connectivity index (χ2n) is 12.4. The number of carbonyl (C=O) groups excluding carboxylic acids is 3. The third-order valence-electron chi connectivity index (χ3n) is 6.82. The molecule has 224 valence electrons. The number of ether oxygens (including phenoxy) is 3. The van der Waals surface area contributed by atoms with Gasteiger partial charge in [0.15, 0.2) is 0 Å². The van der Waals surface area contributed by atoms with Crippen LogP contribution in [0.4, 0.5) is 0 Å². The molecule has 0 amide bonds. The Hall–Kier alpha value is -4.65. The van der Waals surface area contributed by atoms with Gasteiger partial charge in [-0.05, 0) is 42.9 Å². The maximum Gasteiger partial charge on any atom is 0.356 e. The van der Waals surface area contributed by atoms with Crippen molar-refractivity contribution in [3.8, 4) is 0 Å². The van der Waals surface area contributed by atoms with E-state index in [1.54, 1.807) is 4.57 Å². The van der Waals surface area contributed by atoms with Crippen LogP contribution in [0.15, 0.2) is 91.0 Å². The number of rotatable bonds is 9. The first-order valence-corrected chi connectivity index (χ1v) is 14.3. The van der Waals surface area contributed by atoms with E-state index in [0.29, 0.717) is 5.56 Å². The van der Waals surface area contributed by atoms with Gasteiger partial charge in [0.2, 0.25) is 0 Å². The summed E-state index contributed by atoms with van der Waals surface area (Å²) in [6.07, 6.45) is 0. The molecule has 0 spiro atoms. The molecule has 0 fully saturated rings. The zero-order chi connectivity index (χ0) is 31.2. The Labute approximate surface area is 253 Å². The summed E-state index contributed by atoms with van der Waals surface area (Å²) in [5.74, 6) is -2.11. The lowest BCUT2D eigenvalue weighted by molar-refractivity contribution is 0.0406. The minimum Gasteiger partial charge on any atom is -0.457 e. The van der Waals surface area contributed by atoms with Crippen LogP contribution in [0.5, 0.6) is 0 Å². The van der Waals surface area contributed by atoms with E-state index in [9.17, 15) is 14.4 Å². The summed E-state index contributed by atoms with van der Waals surface area (Å²) in [4.78, 5) is 41.9. The molecule has 43 heavy (non-hydrogen) atoms. The van der Waals surface area contributed by atoms with Gasteiger partial charge in [-0.25, -0.2) is 14.4 Å². The van der Waals surface area contributed by atoms with E-state index in [1.165, 1.54) is 0 Å². The Bertz CT molecular complexity index is 1470. The van der Waals surface area contributed by atoms with Crippen LogP contribution in [-0.2, 0) is 45.0 Å². The first kappa shape index (κ1) is 31.3. The quantitative estimate of drug-likeness (QED) is 0.149. The molecule has 0 N–H and O–H groups in total.